The molecule has 0 atom stereocenters. The van der Waals surface area contributed by atoms with E-state index in [2.05, 4.69) is 4.90 Å². The van der Waals surface area contributed by atoms with Crippen LogP contribution in [0.4, 0.5) is 0 Å². The molecule has 3 rings (SSSR count). The molecule has 1 aliphatic carbocycles. The van der Waals surface area contributed by atoms with Crippen LogP contribution in [-0.2, 0) is 16.6 Å². The maximum absolute atomic E-state index is 12.7. The molecule has 1 aromatic rings. The topological polar surface area (TPSA) is 60.9 Å². The van der Waals surface area contributed by atoms with E-state index in [1.54, 1.807) is 28.6 Å². The van der Waals surface area contributed by atoms with Gasteiger partial charge in [-0.15, -0.1) is 0 Å². The number of rotatable bonds is 4. The molecule has 110 valence electrons. The highest BCUT2D eigenvalue weighted by Gasteiger charge is 2.35. The van der Waals surface area contributed by atoms with Crippen molar-refractivity contribution >= 4 is 10.0 Å². The van der Waals surface area contributed by atoms with Gasteiger partial charge in [0.05, 0.1) is 11.5 Å². The average molecular weight is 296 g/mol. The Kier molecular flexibility index (Phi) is 3.81. The summed E-state index contributed by atoms with van der Waals surface area (Å²) in [5.41, 5.74) is 0.470. The molecule has 20 heavy (non-hydrogen) atoms. The monoisotopic (exact) mass is 296 g/mol. The largest absolute Gasteiger partial charge is 0.392 e. The third-order valence-corrected chi connectivity index (χ3v) is 6.10. The third kappa shape index (κ3) is 2.61. The van der Waals surface area contributed by atoms with E-state index in [1.807, 2.05) is 0 Å². The number of sulfonamides is 1. The second-order valence-corrected chi connectivity index (χ2v) is 7.34. The number of nitrogens with zero attached hydrogens (tertiary/aromatic N) is 2. The van der Waals surface area contributed by atoms with Crippen LogP contribution in [0, 0.1) is 0 Å². The first-order valence-corrected chi connectivity index (χ1v) is 8.50. The molecule has 0 bridgehead atoms. The summed E-state index contributed by atoms with van der Waals surface area (Å²) in [6, 6.07) is 7.37. The van der Waals surface area contributed by atoms with Gasteiger partial charge in [0.15, 0.2) is 0 Å². The molecule has 1 heterocycles. The summed E-state index contributed by atoms with van der Waals surface area (Å²) in [5.74, 6) is 0. The van der Waals surface area contributed by atoms with Gasteiger partial charge in [0.1, 0.15) is 0 Å². The zero-order valence-corrected chi connectivity index (χ0v) is 12.2. The van der Waals surface area contributed by atoms with E-state index >= 15 is 0 Å². The molecule has 2 fully saturated rings. The van der Waals surface area contributed by atoms with E-state index in [-0.39, 0.29) is 11.5 Å². The van der Waals surface area contributed by atoms with Crippen LogP contribution in [-0.4, -0.2) is 55.0 Å². The predicted octanol–water partition coefficient (Wildman–Crippen LogP) is 0.648. The van der Waals surface area contributed by atoms with Gasteiger partial charge in [0.2, 0.25) is 10.0 Å². The maximum Gasteiger partial charge on any atom is 0.243 e. The van der Waals surface area contributed by atoms with Crippen molar-refractivity contribution in [2.75, 3.05) is 26.2 Å². The van der Waals surface area contributed by atoms with Crippen LogP contribution in [0.25, 0.3) is 0 Å². The van der Waals surface area contributed by atoms with Gasteiger partial charge in [0, 0.05) is 32.2 Å². The summed E-state index contributed by atoms with van der Waals surface area (Å²) in [4.78, 5) is 2.62. The Balaban J connectivity index is 1.78. The molecule has 1 saturated heterocycles. The van der Waals surface area contributed by atoms with Crippen LogP contribution in [0.15, 0.2) is 29.2 Å². The molecule has 5 nitrogen and oxygen atoms in total. The van der Waals surface area contributed by atoms with Crippen LogP contribution in [0.3, 0.4) is 0 Å². The molecule has 6 heteroatoms. The van der Waals surface area contributed by atoms with Gasteiger partial charge in [-0.1, -0.05) is 18.2 Å². The van der Waals surface area contributed by atoms with E-state index in [0.717, 1.165) is 13.1 Å². The van der Waals surface area contributed by atoms with Crippen LogP contribution in [0.2, 0.25) is 0 Å². The molecule has 1 aliphatic heterocycles. The lowest BCUT2D eigenvalue weighted by Crippen LogP contribution is -2.49. The first kappa shape index (κ1) is 14.0. The average Bonchev–Trinajstić information content (AvgIpc) is 3.32. The van der Waals surface area contributed by atoms with Crippen LogP contribution >= 0.6 is 0 Å². The van der Waals surface area contributed by atoms with E-state index in [0.29, 0.717) is 24.7 Å². The molecular weight excluding hydrogens is 276 g/mol. The number of hydrogen-bond acceptors (Lipinski definition) is 4. The fraction of sp³-hybridized carbons (Fsp3) is 0.571. The highest BCUT2D eigenvalue weighted by atomic mass is 32.2. The minimum atomic E-state index is -3.49. The molecular formula is C14H20N2O3S. The third-order valence-electron chi connectivity index (χ3n) is 4.10. The van der Waals surface area contributed by atoms with Crippen LogP contribution in [0.5, 0.6) is 0 Å². The van der Waals surface area contributed by atoms with Gasteiger partial charge in [-0.2, -0.15) is 4.31 Å². The van der Waals surface area contributed by atoms with Crippen molar-refractivity contribution in [1.82, 2.24) is 9.21 Å². The van der Waals surface area contributed by atoms with E-state index < -0.39 is 10.0 Å². The molecule has 0 unspecified atom stereocenters. The van der Waals surface area contributed by atoms with E-state index in [9.17, 15) is 13.5 Å². The quantitative estimate of drug-likeness (QED) is 0.886. The van der Waals surface area contributed by atoms with Gasteiger partial charge >= 0.3 is 0 Å². The first-order chi connectivity index (χ1) is 9.63. The van der Waals surface area contributed by atoms with Crippen molar-refractivity contribution in [1.29, 1.82) is 0 Å². The van der Waals surface area contributed by atoms with E-state index in [1.165, 1.54) is 12.8 Å². The lowest BCUT2D eigenvalue weighted by molar-refractivity contribution is 0.180. The molecule has 2 aliphatic rings. The van der Waals surface area contributed by atoms with Gasteiger partial charge in [-0.25, -0.2) is 8.42 Å². The molecule has 0 spiro atoms. The number of piperazine rings is 1. The molecule has 1 N–H and O–H groups in total. The fourth-order valence-electron chi connectivity index (χ4n) is 2.77. The van der Waals surface area contributed by atoms with Gasteiger partial charge in [-0.3, -0.25) is 4.90 Å². The number of aliphatic hydroxyl groups is 1. The van der Waals surface area contributed by atoms with Crippen molar-refractivity contribution in [3.63, 3.8) is 0 Å². The number of hydrogen-bond donors (Lipinski definition) is 1. The second kappa shape index (κ2) is 5.44. The first-order valence-electron chi connectivity index (χ1n) is 7.06. The smallest absolute Gasteiger partial charge is 0.243 e. The summed E-state index contributed by atoms with van der Waals surface area (Å²) < 4.78 is 26.9. The fourth-order valence-corrected chi connectivity index (χ4v) is 4.41. The van der Waals surface area contributed by atoms with Gasteiger partial charge in [-0.05, 0) is 24.5 Å². The minimum absolute atomic E-state index is 0.238. The number of aliphatic hydroxyl groups excluding tert-OH is 1. The normalized spacial score (nSPS) is 22.1. The Morgan fingerprint density at radius 2 is 1.75 bits per heavy atom. The lowest BCUT2D eigenvalue weighted by Gasteiger charge is -2.34. The molecule has 0 radical (unpaired) electrons. The summed E-state index contributed by atoms with van der Waals surface area (Å²) >= 11 is 0. The van der Waals surface area contributed by atoms with Crippen LogP contribution in [0.1, 0.15) is 18.4 Å². The van der Waals surface area contributed by atoms with Crippen LogP contribution < -0.4 is 0 Å². The highest BCUT2D eigenvalue weighted by Crippen LogP contribution is 2.29. The Morgan fingerprint density at radius 3 is 2.35 bits per heavy atom. The summed E-state index contributed by atoms with van der Waals surface area (Å²) in [6.07, 6.45) is 2.50. The van der Waals surface area contributed by atoms with E-state index in [4.69, 9.17) is 0 Å². The van der Waals surface area contributed by atoms with Crippen molar-refractivity contribution in [3.8, 4) is 0 Å². The van der Waals surface area contributed by atoms with Crippen molar-refractivity contribution in [3.05, 3.63) is 29.8 Å². The summed E-state index contributed by atoms with van der Waals surface area (Å²) in [7, 11) is -3.49. The molecule has 0 aromatic heterocycles. The van der Waals surface area contributed by atoms with Gasteiger partial charge in [0.25, 0.3) is 0 Å². The second-order valence-electron chi connectivity index (χ2n) is 5.44. The Labute approximate surface area is 119 Å². The molecule has 1 saturated carbocycles. The van der Waals surface area contributed by atoms with Crippen molar-refractivity contribution < 1.29 is 13.5 Å². The Morgan fingerprint density at radius 1 is 1.10 bits per heavy atom. The number of benzene rings is 1. The SMILES string of the molecule is O=S(=O)(c1ccccc1CO)N1CCN(C2CC2)CC1. The highest BCUT2D eigenvalue weighted by molar-refractivity contribution is 7.89. The Hall–Kier alpha value is -0.950. The summed E-state index contributed by atoms with van der Waals surface area (Å²) in [6.45, 7) is 2.45. The zero-order valence-electron chi connectivity index (χ0n) is 11.4. The maximum atomic E-state index is 12.7. The standard InChI is InChI=1S/C14H20N2O3S/c17-11-12-3-1-2-4-14(12)20(18,19)16-9-7-15(8-10-16)13-5-6-13/h1-4,13,17H,5-11H2. The molecule has 0 amide bonds. The summed E-state index contributed by atoms with van der Waals surface area (Å²) in [5, 5.41) is 9.31. The van der Waals surface area contributed by atoms with Crippen molar-refractivity contribution in [2.45, 2.75) is 30.4 Å². The molecule has 1 aromatic carbocycles. The Bertz CT molecular complexity index is 576. The zero-order chi connectivity index (χ0) is 14.2. The lowest BCUT2D eigenvalue weighted by atomic mass is 10.2. The van der Waals surface area contributed by atoms with Crippen molar-refractivity contribution in [2.24, 2.45) is 0 Å². The minimum Gasteiger partial charge on any atom is -0.392 e. The predicted molar refractivity (Wildman–Crippen MR) is 75.7 cm³/mol. The van der Waals surface area contributed by atoms with Gasteiger partial charge < -0.3 is 5.11 Å².